The fourth-order valence-electron chi connectivity index (χ4n) is 4.92. The minimum Gasteiger partial charge on any atom is -0.355 e. The summed E-state index contributed by atoms with van der Waals surface area (Å²) in [5.74, 6) is 0.832. The van der Waals surface area contributed by atoms with E-state index in [1.807, 2.05) is 0 Å². The zero-order valence-electron chi connectivity index (χ0n) is 14.2. The zero-order chi connectivity index (χ0) is 16.6. The molecule has 2 atom stereocenters. The Hall–Kier alpha value is -0.870. The Bertz CT molecular complexity index is 584. The van der Waals surface area contributed by atoms with E-state index in [-0.39, 0.29) is 11.3 Å². The highest BCUT2D eigenvalue weighted by molar-refractivity contribution is 9.10. The van der Waals surface area contributed by atoms with E-state index in [9.17, 15) is 4.79 Å². The molecule has 3 fully saturated rings. The van der Waals surface area contributed by atoms with E-state index in [4.69, 9.17) is 0 Å². The largest absolute Gasteiger partial charge is 0.355 e. The molecule has 0 spiro atoms. The van der Waals surface area contributed by atoms with Gasteiger partial charge in [-0.3, -0.25) is 4.79 Å². The van der Waals surface area contributed by atoms with Crippen LogP contribution in [0.25, 0.3) is 0 Å². The summed E-state index contributed by atoms with van der Waals surface area (Å²) in [5, 5.41) is 6.92. The lowest BCUT2D eigenvalue weighted by molar-refractivity contribution is -0.122. The Kier molecular flexibility index (Phi) is 4.70. The van der Waals surface area contributed by atoms with E-state index in [1.54, 1.807) is 0 Å². The summed E-state index contributed by atoms with van der Waals surface area (Å²) in [4.78, 5) is 12.5. The van der Waals surface area contributed by atoms with Crippen molar-refractivity contribution in [3.05, 3.63) is 34.3 Å². The number of hydrogen-bond donors (Lipinski definition) is 2. The Morgan fingerprint density at radius 1 is 1.17 bits per heavy atom. The monoisotopic (exact) mass is 390 g/mol. The molecule has 1 aliphatic carbocycles. The van der Waals surface area contributed by atoms with Crippen LogP contribution in [-0.4, -0.2) is 24.5 Å². The number of carbonyl (C=O) groups excluding carboxylic acids is 1. The molecule has 2 N–H and O–H groups in total. The zero-order valence-corrected chi connectivity index (χ0v) is 15.8. The lowest BCUT2D eigenvalue weighted by Gasteiger charge is -2.42. The van der Waals surface area contributed by atoms with Gasteiger partial charge in [0.15, 0.2) is 0 Å². The average Bonchev–Trinajstić information content (AvgIpc) is 2.86. The molecule has 1 aromatic rings. The van der Waals surface area contributed by atoms with Crippen LogP contribution in [0.15, 0.2) is 28.7 Å². The maximum Gasteiger partial charge on any atom is 0.220 e. The summed E-state index contributed by atoms with van der Waals surface area (Å²) in [7, 11) is 0. The van der Waals surface area contributed by atoms with Crippen LogP contribution in [-0.2, 0) is 10.2 Å². The summed E-state index contributed by atoms with van der Waals surface area (Å²) in [6.07, 6.45) is 9.32. The van der Waals surface area contributed by atoms with E-state index in [0.29, 0.717) is 24.4 Å². The van der Waals surface area contributed by atoms with Crippen molar-refractivity contribution in [2.24, 2.45) is 5.92 Å². The van der Waals surface area contributed by atoms with Crippen molar-refractivity contribution in [1.29, 1.82) is 0 Å². The van der Waals surface area contributed by atoms with Gasteiger partial charge in [-0.15, -0.1) is 0 Å². The number of rotatable bonds is 5. The molecule has 0 aromatic heterocycles. The molecule has 2 saturated heterocycles. The molecule has 2 heterocycles. The summed E-state index contributed by atoms with van der Waals surface area (Å²) < 4.78 is 1.12. The van der Waals surface area contributed by atoms with E-state index in [0.717, 1.165) is 11.0 Å². The predicted molar refractivity (Wildman–Crippen MR) is 100.0 cm³/mol. The van der Waals surface area contributed by atoms with Gasteiger partial charge in [-0.05, 0) is 62.1 Å². The molecule has 1 saturated carbocycles. The Morgan fingerprint density at radius 2 is 1.83 bits per heavy atom. The Morgan fingerprint density at radius 3 is 2.42 bits per heavy atom. The third-order valence-corrected chi connectivity index (χ3v) is 6.96. The molecule has 2 bridgehead atoms. The lowest BCUT2D eigenvalue weighted by Crippen LogP contribution is -2.46. The van der Waals surface area contributed by atoms with E-state index in [1.165, 1.54) is 50.5 Å². The molecule has 2 unspecified atom stereocenters. The fourth-order valence-corrected chi connectivity index (χ4v) is 5.18. The van der Waals surface area contributed by atoms with Gasteiger partial charge in [-0.25, -0.2) is 0 Å². The van der Waals surface area contributed by atoms with Crippen LogP contribution in [0.1, 0.15) is 56.9 Å². The van der Waals surface area contributed by atoms with Gasteiger partial charge in [0, 0.05) is 34.9 Å². The third kappa shape index (κ3) is 3.41. The van der Waals surface area contributed by atoms with Gasteiger partial charge >= 0.3 is 0 Å². The number of amides is 1. The molecule has 0 radical (unpaired) electrons. The van der Waals surface area contributed by atoms with Gasteiger partial charge in [0.2, 0.25) is 5.91 Å². The molecule has 1 aromatic carbocycles. The SMILES string of the molecule is O=C(CC1CC2CCC(C1)N2)NCC1(c2ccc(Br)cc2)CCC1. The van der Waals surface area contributed by atoms with Crippen molar-refractivity contribution in [1.82, 2.24) is 10.6 Å². The maximum atomic E-state index is 12.5. The van der Waals surface area contributed by atoms with Gasteiger partial charge in [0.25, 0.3) is 0 Å². The van der Waals surface area contributed by atoms with Crippen molar-refractivity contribution in [2.75, 3.05) is 6.54 Å². The molecule has 4 rings (SSSR count). The van der Waals surface area contributed by atoms with Crippen LogP contribution in [0.5, 0.6) is 0 Å². The van der Waals surface area contributed by atoms with Crippen molar-refractivity contribution in [3.8, 4) is 0 Å². The van der Waals surface area contributed by atoms with E-state index < -0.39 is 0 Å². The van der Waals surface area contributed by atoms with E-state index in [2.05, 4.69) is 50.8 Å². The molecular formula is C20H27BrN2O. The predicted octanol–water partition coefficient (Wildman–Crippen LogP) is 3.91. The standard InChI is InChI=1S/C20H27BrN2O/c21-16-4-2-15(3-5-16)20(8-1-9-20)13-22-19(24)12-14-10-17-6-7-18(11-14)23-17/h2-5,14,17-18,23H,1,6-13H2,(H,22,24). The van der Waals surface area contributed by atoms with Gasteiger partial charge in [-0.1, -0.05) is 34.5 Å². The molecule has 4 heteroatoms. The van der Waals surface area contributed by atoms with Crippen LogP contribution >= 0.6 is 15.9 Å². The van der Waals surface area contributed by atoms with Crippen molar-refractivity contribution >= 4 is 21.8 Å². The first-order chi connectivity index (χ1) is 11.6. The summed E-state index contributed by atoms with van der Waals surface area (Å²) in [5.41, 5.74) is 1.54. The topological polar surface area (TPSA) is 41.1 Å². The first kappa shape index (κ1) is 16.6. The molecule has 24 heavy (non-hydrogen) atoms. The van der Waals surface area contributed by atoms with Crippen molar-refractivity contribution in [3.63, 3.8) is 0 Å². The second kappa shape index (κ2) is 6.80. The van der Waals surface area contributed by atoms with Crippen LogP contribution in [0, 0.1) is 5.92 Å². The Labute approximate surface area is 153 Å². The van der Waals surface area contributed by atoms with Crippen molar-refractivity contribution < 1.29 is 4.79 Å². The van der Waals surface area contributed by atoms with Crippen LogP contribution in [0.4, 0.5) is 0 Å². The minimum atomic E-state index is 0.170. The smallest absolute Gasteiger partial charge is 0.220 e. The number of halogens is 1. The molecule has 130 valence electrons. The average molecular weight is 391 g/mol. The molecule has 3 nitrogen and oxygen atoms in total. The molecule has 1 amide bonds. The number of fused-ring (bicyclic) bond motifs is 2. The summed E-state index contributed by atoms with van der Waals surface area (Å²) >= 11 is 3.51. The fraction of sp³-hybridized carbons (Fsp3) is 0.650. The van der Waals surface area contributed by atoms with Gasteiger partial charge in [0.1, 0.15) is 0 Å². The summed E-state index contributed by atoms with van der Waals surface area (Å²) in [6.45, 7) is 0.797. The van der Waals surface area contributed by atoms with Crippen molar-refractivity contribution in [2.45, 2.75) is 68.9 Å². The van der Waals surface area contributed by atoms with Gasteiger partial charge in [-0.2, -0.15) is 0 Å². The number of hydrogen-bond acceptors (Lipinski definition) is 2. The van der Waals surface area contributed by atoms with E-state index >= 15 is 0 Å². The highest BCUT2D eigenvalue weighted by atomic mass is 79.9. The first-order valence-corrected chi connectivity index (χ1v) is 10.2. The molecular weight excluding hydrogens is 364 g/mol. The van der Waals surface area contributed by atoms with Crippen LogP contribution in [0.2, 0.25) is 0 Å². The Balaban J connectivity index is 1.32. The minimum absolute atomic E-state index is 0.170. The number of carbonyl (C=O) groups is 1. The van der Waals surface area contributed by atoms with Crippen LogP contribution in [0.3, 0.4) is 0 Å². The third-order valence-electron chi connectivity index (χ3n) is 6.44. The van der Waals surface area contributed by atoms with Crippen LogP contribution < -0.4 is 10.6 Å². The normalized spacial score (nSPS) is 30.6. The molecule has 3 aliphatic rings. The summed E-state index contributed by atoms with van der Waals surface area (Å²) in [6, 6.07) is 9.98. The maximum absolute atomic E-state index is 12.5. The number of piperidine rings is 1. The highest BCUT2D eigenvalue weighted by Crippen LogP contribution is 2.43. The second-order valence-corrected chi connectivity index (χ2v) is 9.01. The quantitative estimate of drug-likeness (QED) is 0.799. The highest BCUT2D eigenvalue weighted by Gasteiger charge is 2.39. The lowest BCUT2D eigenvalue weighted by atomic mass is 9.64. The molecule has 2 aliphatic heterocycles. The number of benzene rings is 1. The number of nitrogens with one attached hydrogen (secondary N) is 2. The van der Waals surface area contributed by atoms with Gasteiger partial charge in [0.05, 0.1) is 0 Å². The van der Waals surface area contributed by atoms with Gasteiger partial charge < -0.3 is 10.6 Å². The second-order valence-electron chi connectivity index (χ2n) is 8.10. The first-order valence-electron chi connectivity index (χ1n) is 9.42.